The van der Waals surface area contributed by atoms with Crippen LogP contribution >= 0.6 is 12.2 Å². The summed E-state index contributed by atoms with van der Waals surface area (Å²) in [4.78, 5) is 0. The zero-order valence-corrected chi connectivity index (χ0v) is 4.57. The highest BCUT2D eigenvalue weighted by Crippen LogP contribution is 1.69. The fraction of sp³-hybridized carbons (Fsp3) is 0.667. The molecule has 0 aliphatic rings. The van der Waals surface area contributed by atoms with Crippen LogP contribution in [0.15, 0.2) is 0 Å². The molecule has 0 aliphatic carbocycles. The largest absolute Gasteiger partial charge is 0.469 e. The van der Waals surface area contributed by atoms with Crippen molar-refractivity contribution in [3.63, 3.8) is 0 Å². The lowest BCUT2D eigenvalue weighted by Gasteiger charge is -1.96. The molecular weight excluding hydrogens is 114 g/mol. The Balaban J connectivity index is 2.82. The highest BCUT2D eigenvalue weighted by molar-refractivity contribution is 7.80. The number of hydrogen-bond acceptors (Lipinski definition) is 3. The van der Waals surface area contributed by atoms with E-state index in [-0.39, 0.29) is 18.4 Å². The molecule has 0 fully saturated rings. The Morgan fingerprint density at radius 3 is 2.57 bits per heavy atom. The average molecular weight is 121 g/mol. The molecule has 0 rings (SSSR count). The molecule has 0 radical (unpaired) electrons. The Bertz CT molecular complexity index is 66.0. The van der Waals surface area contributed by atoms with Crippen LogP contribution in [-0.4, -0.2) is 23.5 Å². The van der Waals surface area contributed by atoms with Gasteiger partial charge in [0.15, 0.2) is 0 Å². The van der Waals surface area contributed by atoms with Crippen LogP contribution < -0.4 is 5.73 Å². The van der Waals surface area contributed by atoms with Crippen molar-refractivity contribution in [3.8, 4) is 0 Å². The summed E-state index contributed by atoms with van der Waals surface area (Å²) in [6.45, 7) is 0.146. The molecule has 0 saturated heterocycles. The van der Waals surface area contributed by atoms with E-state index < -0.39 is 0 Å². The van der Waals surface area contributed by atoms with Crippen LogP contribution in [0.25, 0.3) is 0 Å². The maximum absolute atomic E-state index is 8.07. The van der Waals surface area contributed by atoms with Gasteiger partial charge in [0, 0.05) is 0 Å². The third-order valence-electron chi connectivity index (χ3n) is 0.336. The van der Waals surface area contributed by atoms with E-state index >= 15 is 0 Å². The first-order valence-electron chi connectivity index (χ1n) is 1.80. The fourth-order valence-corrected chi connectivity index (χ4v) is 0.230. The maximum Gasteiger partial charge on any atom is 0.254 e. The molecule has 4 heteroatoms. The summed E-state index contributed by atoms with van der Waals surface area (Å²) in [5.74, 6) is 0. The first-order valence-corrected chi connectivity index (χ1v) is 2.21. The van der Waals surface area contributed by atoms with Crippen LogP contribution in [0.2, 0.25) is 0 Å². The number of thiocarbonyl (C=S) groups is 1. The number of aliphatic hydroxyl groups is 1. The lowest BCUT2D eigenvalue weighted by atomic mass is 10.8. The standard InChI is InChI=1S/C3H7NO2S/c4-3(7)6-2-1-5/h5H,1-2H2,(H2,4,7). The molecule has 0 amide bonds. The Morgan fingerprint density at radius 1 is 1.86 bits per heavy atom. The van der Waals surface area contributed by atoms with Gasteiger partial charge < -0.3 is 15.6 Å². The quantitative estimate of drug-likeness (QED) is 0.471. The van der Waals surface area contributed by atoms with Crippen LogP contribution in [0, 0.1) is 0 Å². The van der Waals surface area contributed by atoms with Gasteiger partial charge in [-0.25, -0.2) is 0 Å². The van der Waals surface area contributed by atoms with Gasteiger partial charge in [0.05, 0.1) is 6.61 Å². The highest BCUT2D eigenvalue weighted by atomic mass is 32.1. The van der Waals surface area contributed by atoms with Crippen LogP contribution in [0.4, 0.5) is 0 Å². The van der Waals surface area contributed by atoms with Crippen molar-refractivity contribution in [1.82, 2.24) is 0 Å². The van der Waals surface area contributed by atoms with Crippen molar-refractivity contribution in [2.24, 2.45) is 5.73 Å². The number of ether oxygens (including phenoxy) is 1. The van der Waals surface area contributed by atoms with Crippen LogP contribution in [0.3, 0.4) is 0 Å². The van der Waals surface area contributed by atoms with Gasteiger partial charge in [0.2, 0.25) is 0 Å². The molecule has 0 aliphatic heterocycles. The molecule has 0 aromatic carbocycles. The molecule has 0 aromatic rings. The normalized spacial score (nSPS) is 8.14. The monoisotopic (exact) mass is 121 g/mol. The topological polar surface area (TPSA) is 55.5 Å². The molecule has 0 unspecified atom stereocenters. The third kappa shape index (κ3) is 5.65. The average Bonchev–Trinajstić information content (AvgIpc) is 1.61. The SMILES string of the molecule is NC(=S)OCCO. The smallest absolute Gasteiger partial charge is 0.254 e. The lowest BCUT2D eigenvalue weighted by molar-refractivity contribution is 0.195. The number of rotatable bonds is 2. The zero-order valence-electron chi connectivity index (χ0n) is 3.76. The van der Waals surface area contributed by atoms with Crippen molar-refractivity contribution in [2.45, 2.75) is 0 Å². The summed E-state index contributed by atoms with van der Waals surface area (Å²) in [7, 11) is 0. The minimum atomic E-state index is -0.0443. The van der Waals surface area contributed by atoms with E-state index in [9.17, 15) is 0 Å². The number of aliphatic hydroxyl groups excluding tert-OH is 1. The third-order valence-corrected chi connectivity index (χ3v) is 0.453. The molecule has 3 nitrogen and oxygen atoms in total. The van der Waals surface area contributed by atoms with E-state index in [0.717, 1.165) is 0 Å². The zero-order chi connectivity index (χ0) is 5.70. The van der Waals surface area contributed by atoms with Crippen LogP contribution in [0.5, 0.6) is 0 Å². The van der Waals surface area contributed by atoms with E-state index in [4.69, 9.17) is 10.8 Å². The van der Waals surface area contributed by atoms with Crippen molar-refractivity contribution >= 4 is 17.4 Å². The Kier molecular flexibility index (Phi) is 3.64. The predicted octanol–water partition coefficient (Wildman–Crippen LogP) is -0.761. The van der Waals surface area contributed by atoms with Gasteiger partial charge in [-0.05, 0) is 12.2 Å². The molecule has 0 aromatic heterocycles. The van der Waals surface area contributed by atoms with Crippen LogP contribution in [0.1, 0.15) is 0 Å². The summed E-state index contributed by atoms with van der Waals surface area (Å²) in [5, 5.41) is 8.06. The molecule has 0 atom stereocenters. The molecule has 42 valence electrons. The number of hydrogen-bond donors (Lipinski definition) is 2. The summed E-state index contributed by atoms with van der Waals surface area (Å²) >= 11 is 4.31. The minimum absolute atomic E-state index is 0.0194. The minimum Gasteiger partial charge on any atom is -0.469 e. The first kappa shape index (κ1) is 6.65. The Labute approximate surface area is 47.1 Å². The lowest BCUT2D eigenvalue weighted by Crippen LogP contribution is -2.14. The first-order chi connectivity index (χ1) is 3.27. The van der Waals surface area contributed by atoms with Crippen molar-refractivity contribution in [3.05, 3.63) is 0 Å². The van der Waals surface area contributed by atoms with Gasteiger partial charge in [-0.3, -0.25) is 0 Å². The number of nitrogens with two attached hydrogens (primary N) is 1. The fourth-order valence-electron chi connectivity index (χ4n) is 0.146. The Morgan fingerprint density at radius 2 is 2.43 bits per heavy atom. The summed E-state index contributed by atoms with van der Waals surface area (Å²) in [5.41, 5.74) is 4.88. The molecule has 0 bridgehead atoms. The van der Waals surface area contributed by atoms with E-state index in [1.54, 1.807) is 0 Å². The van der Waals surface area contributed by atoms with Gasteiger partial charge in [-0.2, -0.15) is 0 Å². The van der Waals surface area contributed by atoms with Crippen molar-refractivity contribution in [2.75, 3.05) is 13.2 Å². The summed E-state index contributed by atoms with van der Waals surface area (Å²) in [6, 6.07) is 0. The molecule has 3 N–H and O–H groups in total. The predicted molar refractivity (Wildman–Crippen MR) is 29.8 cm³/mol. The highest BCUT2D eigenvalue weighted by Gasteiger charge is 1.82. The summed E-state index contributed by atoms with van der Waals surface area (Å²) < 4.78 is 4.45. The molecule has 0 spiro atoms. The Hall–Kier alpha value is -0.350. The van der Waals surface area contributed by atoms with Gasteiger partial charge in [-0.15, -0.1) is 0 Å². The maximum atomic E-state index is 8.07. The molecular formula is C3H7NO2S. The second-order valence-corrected chi connectivity index (χ2v) is 1.29. The molecule has 0 saturated carbocycles. The van der Waals surface area contributed by atoms with E-state index in [1.165, 1.54) is 0 Å². The van der Waals surface area contributed by atoms with Gasteiger partial charge in [0.25, 0.3) is 5.17 Å². The van der Waals surface area contributed by atoms with Crippen molar-refractivity contribution < 1.29 is 9.84 Å². The molecule has 7 heavy (non-hydrogen) atoms. The van der Waals surface area contributed by atoms with Gasteiger partial charge in [-0.1, -0.05) is 0 Å². The van der Waals surface area contributed by atoms with E-state index in [2.05, 4.69) is 17.0 Å². The molecule has 0 heterocycles. The van der Waals surface area contributed by atoms with Gasteiger partial charge >= 0.3 is 0 Å². The van der Waals surface area contributed by atoms with E-state index in [0.29, 0.717) is 0 Å². The van der Waals surface area contributed by atoms with E-state index in [1.807, 2.05) is 0 Å². The van der Waals surface area contributed by atoms with Gasteiger partial charge in [0.1, 0.15) is 6.61 Å². The summed E-state index contributed by atoms with van der Waals surface area (Å²) in [6.07, 6.45) is 0. The second kappa shape index (κ2) is 3.83. The van der Waals surface area contributed by atoms with Crippen LogP contribution in [-0.2, 0) is 4.74 Å². The van der Waals surface area contributed by atoms with Crippen molar-refractivity contribution in [1.29, 1.82) is 0 Å². The second-order valence-electron chi connectivity index (χ2n) is 0.891.